The topological polar surface area (TPSA) is 90.7 Å². The first-order valence-electron chi connectivity index (χ1n) is 5.67. The van der Waals surface area contributed by atoms with Crippen LogP contribution in [0.3, 0.4) is 0 Å². The van der Waals surface area contributed by atoms with E-state index < -0.39 is 31.2 Å². The van der Waals surface area contributed by atoms with Gasteiger partial charge < -0.3 is 20.5 Å². The van der Waals surface area contributed by atoms with E-state index in [2.05, 4.69) is 4.74 Å². The molecule has 0 aromatic heterocycles. The van der Waals surface area contributed by atoms with Gasteiger partial charge in [-0.3, -0.25) is 4.79 Å². The Labute approximate surface area is 118 Å². The van der Waals surface area contributed by atoms with Crippen molar-refractivity contribution in [3.05, 3.63) is 23.8 Å². The maximum Gasteiger partial charge on any atom is 0.405 e. The van der Waals surface area contributed by atoms with Gasteiger partial charge in [-0.1, -0.05) is 0 Å². The van der Waals surface area contributed by atoms with E-state index in [0.717, 1.165) is 0 Å². The van der Waals surface area contributed by atoms with E-state index in [4.69, 9.17) is 10.5 Å². The predicted octanol–water partition coefficient (Wildman–Crippen LogP) is 1.11. The molecule has 21 heavy (non-hydrogen) atoms. The number of nitrogens with two attached hydrogens (primary N) is 1. The SMILES string of the molecule is COc1ccc(N)c(C(=O)OCC(=O)NCC(F)(F)F)c1. The molecule has 1 rings (SSSR count). The Balaban J connectivity index is 2.56. The maximum absolute atomic E-state index is 11.9. The van der Waals surface area contributed by atoms with E-state index in [1.165, 1.54) is 25.3 Å². The van der Waals surface area contributed by atoms with Gasteiger partial charge in [-0.15, -0.1) is 0 Å². The van der Waals surface area contributed by atoms with E-state index >= 15 is 0 Å². The van der Waals surface area contributed by atoms with E-state index in [1.807, 2.05) is 0 Å². The van der Waals surface area contributed by atoms with Gasteiger partial charge >= 0.3 is 12.1 Å². The van der Waals surface area contributed by atoms with Crippen molar-refractivity contribution in [3.8, 4) is 5.75 Å². The predicted molar refractivity (Wildman–Crippen MR) is 66.8 cm³/mol. The van der Waals surface area contributed by atoms with Crippen LogP contribution in [0.2, 0.25) is 0 Å². The van der Waals surface area contributed by atoms with Gasteiger partial charge in [-0.2, -0.15) is 13.2 Å². The number of halogens is 3. The molecule has 0 radical (unpaired) electrons. The number of esters is 1. The molecule has 0 aliphatic rings. The number of rotatable bonds is 5. The molecule has 0 saturated heterocycles. The Bertz CT molecular complexity index is 532. The van der Waals surface area contributed by atoms with Crippen molar-refractivity contribution >= 4 is 17.6 Å². The van der Waals surface area contributed by atoms with Gasteiger partial charge in [0, 0.05) is 5.69 Å². The third-order valence-corrected chi connectivity index (χ3v) is 2.30. The lowest BCUT2D eigenvalue weighted by molar-refractivity contribution is -0.140. The molecule has 0 saturated carbocycles. The minimum absolute atomic E-state index is 0.0435. The van der Waals surface area contributed by atoms with Gasteiger partial charge in [0.05, 0.1) is 12.7 Å². The van der Waals surface area contributed by atoms with Gasteiger partial charge in [0.1, 0.15) is 12.3 Å². The Kier molecular flexibility index (Phi) is 5.39. The summed E-state index contributed by atoms with van der Waals surface area (Å²) in [5, 5.41) is 1.57. The van der Waals surface area contributed by atoms with Gasteiger partial charge in [-0.25, -0.2) is 4.79 Å². The number of nitrogen functional groups attached to an aromatic ring is 1. The third kappa shape index (κ3) is 5.59. The second kappa shape index (κ2) is 6.82. The standard InChI is InChI=1S/C12H13F3N2O4/c1-20-7-2-3-9(16)8(4-7)11(19)21-5-10(18)17-6-12(13,14)15/h2-4H,5-6,16H2,1H3,(H,17,18). The quantitative estimate of drug-likeness (QED) is 0.628. The zero-order chi connectivity index (χ0) is 16.0. The van der Waals surface area contributed by atoms with Crippen LogP contribution in [0.15, 0.2) is 18.2 Å². The molecule has 0 heterocycles. The molecule has 1 amide bonds. The fourth-order valence-electron chi connectivity index (χ4n) is 1.30. The third-order valence-electron chi connectivity index (χ3n) is 2.30. The summed E-state index contributed by atoms with van der Waals surface area (Å²) in [6, 6.07) is 4.21. The molecule has 116 valence electrons. The average molecular weight is 306 g/mol. The minimum atomic E-state index is -4.53. The summed E-state index contributed by atoms with van der Waals surface area (Å²) < 4.78 is 45.1. The Hall–Kier alpha value is -2.45. The van der Waals surface area contributed by atoms with Crippen LogP contribution in [0.1, 0.15) is 10.4 Å². The number of benzene rings is 1. The molecule has 0 aliphatic carbocycles. The summed E-state index contributed by atoms with van der Waals surface area (Å²) >= 11 is 0. The molecule has 0 unspecified atom stereocenters. The molecular formula is C12H13F3N2O4. The maximum atomic E-state index is 11.9. The highest BCUT2D eigenvalue weighted by Gasteiger charge is 2.27. The first-order chi connectivity index (χ1) is 9.73. The molecule has 0 atom stereocenters. The van der Waals surface area contributed by atoms with E-state index in [-0.39, 0.29) is 11.3 Å². The molecule has 1 aromatic carbocycles. The van der Waals surface area contributed by atoms with Crippen LogP contribution in [0.25, 0.3) is 0 Å². The largest absolute Gasteiger partial charge is 0.497 e. The first kappa shape index (κ1) is 16.6. The van der Waals surface area contributed by atoms with E-state index in [1.54, 1.807) is 5.32 Å². The van der Waals surface area contributed by atoms with Gasteiger partial charge in [0.25, 0.3) is 5.91 Å². The van der Waals surface area contributed by atoms with Crippen LogP contribution in [0, 0.1) is 0 Å². The number of hydrogen-bond donors (Lipinski definition) is 2. The van der Waals surface area contributed by atoms with Crippen molar-refractivity contribution in [2.45, 2.75) is 6.18 Å². The van der Waals surface area contributed by atoms with Crippen LogP contribution in [0.4, 0.5) is 18.9 Å². The number of hydrogen-bond acceptors (Lipinski definition) is 5. The number of amides is 1. The van der Waals surface area contributed by atoms with E-state index in [9.17, 15) is 22.8 Å². The fourth-order valence-corrected chi connectivity index (χ4v) is 1.30. The van der Waals surface area contributed by atoms with Crippen molar-refractivity contribution in [2.75, 3.05) is 26.0 Å². The fraction of sp³-hybridized carbons (Fsp3) is 0.333. The highest BCUT2D eigenvalue weighted by molar-refractivity contribution is 5.96. The van der Waals surface area contributed by atoms with Gasteiger partial charge in [0.15, 0.2) is 6.61 Å². The highest BCUT2D eigenvalue weighted by Crippen LogP contribution is 2.20. The number of alkyl halides is 3. The van der Waals surface area contributed by atoms with Gasteiger partial charge in [-0.05, 0) is 18.2 Å². The zero-order valence-electron chi connectivity index (χ0n) is 11.0. The lowest BCUT2D eigenvalue weighted by Gasteiger charge is -2.10. The number of anilines is 1. The van der Waals surface area contributed by atoms with Crippen molar-refractivity contribution in [1.82, 2.24) is 5.32 Å². The van der Waals surface area contributed by atoms with Crippen LogP contribution < -0.4 is 15.8 Å². The highest BCUT2D eigenvalue weighted by atomic mass is 19.4. The van der Waals surface area contributed by atoms with Crippen LogP contribution >= 0.6 is 0 Å². The molecule has 0 bridgehead atoms. The summed E-state index contributed by atoms with van der Waals surface area (Å²) in [4.78, 5) is 22.8. The van der Waals surface area contributed by atoms with Crippen molar-refractivity contribution in [1.29, 1.82) is 0 Å². The van der Waals surface area contributed by atoms with Gasteiger partial charge in [0.2, 0.25) is 0 Å². The normalized spacial score (nSPS) is 10.9. The van der Waals surface area contributed by atoms with Crippen molar-refractivity contribution in [3.63, 3.8) is 0 Å². The summed E-state index contributed by atoms with van der Waals surface area (Å²) in [5.41, 5.74) is 5.61. The summed E-state index contributed by atoms with van der Waals surface area (Å²) in [6.07, 6.45) is -4.53. The summed E-state index contributed by atoms with van der Waals surface area (Å²) in [5.74, 6) is -1.66. The van der Waals surface area contributed by atoms with Crippen LogP contribution in [-0.2, 0) is 9.53 Å². The van der Waals surface area contributed by atoms with Crippen LogP contribution in [-0.4, -0.2) is 38.3 Å². The number of carbonyl (C=O) groups excluding carboxylic acids is 2. The molecule has 0 spiro atoms. The molecule has 0 aliphatic heterocycles. The number of ether oxygens (including phenoxy) is 2. The molecule has 6 nitrogen and oxygen atoms in total. The lowest BCUT2D eigenvalue weighted by atomic mass is 10.2. The smallest absolute Gasteiger partial charge is 0.405 e. The molecule has 1 aromatic rings. The Morgan fingerprint density at radius 2 is 2.00 bits per heavy atom. The Morgan fingerprint density at radius 1 is 1.33 bits per heavy atom. The Morgan fingerprint density at radius 3 is 2.57 bits per heavy atom. The molecular weight excluding hydrogens is 293 g/mol. The number of carbonyl (C=O) groups is 2. The number of methoxy groups -OCH3 is 1. The first-order valence-corrected chi connectivity index (χ1v) is 5.67. The monoisotopic (exact) mass is 306 g/mol. The summed E-state index contributed by atoms with van der Waals surface area (Å²) in [6.45, 7) is -2.34. The second-order valence-corrected chi connectivity index (χ2v) is 3.92. The van der Waals surface area contributed by atoms with Crippen molar-refractivity contribution in [2.24, 2.45) is 0 Å². The summed E-state index contributed by atoms with van der Waals surface area (Å²) in [7, 11) is 1.38. The zero-order valence-corrected chi connectivity index (χ0v) is 11.0. The second-order valence-electron chi connectivity index (χ2n) is 3.92. The average Bonchev–Trinajstić information content (AvgIpc) is 2.42. The van der Waals surface area contributed by atoms with E-state index in [0.29, 0.717) is 5.75 Å². The molecule has 9 heteroatoms. The van der Waals surface area contributed by atoms with Crippen molar-refractivity contribution < 1.29 is 32.2 Å². The van der Waals surface area contributed by atoms with Crippen LogP contribution in [0.5, 0.6) is 5.75 Å². The lowest BCUT2D eigenvalue weighted by Crippen LogP contribution is -2.36. The molecule has 3 N–H and O–H groups in total. The minimum Gasteiger partial charge on any atom is -0.497 e. The molecule has 0 fully saturated rings. The number of nitrogens with one attached hydrogen (secondary N) is 1.